The molecule has 0 radical (unpaired) electrons. The van der Waals surface area contributed by atoms with Crippen molar-refractivity contribution in [2.75, 3.05) is 13.6 Å². The summed E-state index contributed by atoms with van der Waals surface area (Å²) >= 11 is 0. The Morgan fingerprint density at radius 3 is 2.06 bits per heavy atom. The van der Waals surface area contributed by atoms with Gasteiger partial charge in [0.15, 0.2) is 5.78 Å². The minimum absolute atomic E-state index is 0.0456. The fourth-order valence-electron chi connectivity index (χ4n) is 12.2. The molecule has 4 rings (SSSR count). The van der Waals surface area contributed by atoms with Crippen molar-refractivity contribution >= 4 is 30.3 Å². The predicted octanol–water partition coefficient (Wildman–Crippen LogP) is 14.7. The third-order valence-electron chi connectivity index (χ3n) is 16.8. The van der Waals surface area contributed by atoms with Crippen LogP contribution >= 0.6 is 0 Å². The largest absolute Gasteiger partial charge is 0.512 e. The van der Waals surface area contributed by atoms with Crippen LogP contribution in [0.3, 0.4) is 0 Å². The number of hydrogen-bond donors (Lipinski definition) is 3. The van der Waals surface area contributed by atoms with Crippen LogP contribution in [0.2, 0.25) is 0 Å². The number of ether oxygens (including phenoxy) is 1. The Morgan fingerprint density at radius 1 is 1.01 bits per heavy atom. The number of aliphatic hydroxyl groups is 1. The van der Waals surface area contributed by atoms with Gasteiger partial charge in [-0.25, -0.2) is 4.39 Å². The number of carbonyl (C=O) groups is 3. The van der Waals surface area contributed by atoms with E-state index in [4.69, 9.17) is 15.6 Å². The maximum atomic E-state index is 14.3. The van der Waals surface area contributed by atoms with Gasteiger partial charge < -0.3 is 25.6 Å². The van der Waals surface area contributed by atoms with Crippen LogP contribution in [-0.2, 0) is 19.1 Å². The summed E-state index contributed by atoms with van der Waals surface area (Å²) in [4.78, 5) is 40.9. The van der Waals surface area contributed by atoms with Crippen LogP contribution in [0.15, 0.2) is 82.4 Å². The molecular formula is C59H99FN4O6. The lowest BCUT2D eigenvalue weighted by Gasteiger charge is -2.70. The topological polar surface area (TPSA) is 155 Å². The normalized spacial score (nSPS) is 28.5. The van der Waals surface area contributed by atoms with Crippen LogP contribution in [0.25, 0.3) is 0 Å². The highest BCUT2D eigenvalue weighted by molar-refractivity contribution is 6.01. The van der Waals surface area contributed by atoms with Gasteiger partial charge in [0.25, 0.3) is 0 Å². The Hall–Kier alpha value is -4.28. The Balaban J connectivity index is 0.00000154. The predicted molar refractivity (Wildman–Crippen MR) is 291 cm³/mol. The number of ketones is 1. The Morgan fingerprint density at radius 2 is 1.59 bits per heavy atom. The summed E-state index contributed by atoms with van der Waals surface area (Å²) in [5, 5.41) is 26.9. The molecule has 4 aliphatic rings. The summed E-state index contributed by atoms with van der Waals surface area (Å²) in [5.74, 6) is 1.38. The molecule has 0 aromatic heterocycles. The van der Waals surface area contributed by atoms with Crippen molar-refractivity contribution in [2.24, 2.45) is 72.1 Å². The number of fused-ring (bicyclic) bond motifs is 5. The molecule has 9 atom stereocenters. The lowest BCUT2D eigenvalue weighted by atomic mass is 9.34. The molecule has 0 saturated heterocycles. The smallest absolute Gasteiger partial charge is 0.309 e. The molecule has 11 heteroatoms. The fourth-order valence-corrected chi connectivity index (χ4v) is 12.2. The van der Waals surface area contributed by atoms with Crippen LogP contribution in [0, 0.1) is 56.2 Å². The Bertz CT molecular complexity index is 1970. The Labute approximate surface area is 425 Å². The average Bonchev–Trinajstić information content (AvgIpc) is 3.58. The van der Waals surface area contributed by atoms with Crippen LogP contribution in [0.1, 0.15) is 188 Å². The number of esters is 1. The second-order valence-electron chi connectivity index (χ2n) is 23.3. The molecule has 3 fully saturated rings. The molecule has 0 aliphatic heterocycles. The Kier molecular flexibility index (Phi) is 24.1. The number of amidine groups is 1. The number of carboxylic acid groups (broad SMARTS) is 1. The number of aliphatic hydroxyl groups excluding tert-OH is 1. The van der Waals surface area contributed by atoms with E-state index in [0.717, 1.165) is 73.9 Å². The number of allylic oxidation sites excluding steroid dienone is 6. The van der Waals surface area contributed by atoms with Gasteiger partial charge in [-0.2, -0.15) is 5.10 Å². The third-order valence-corrected chi connectivity index (χ3v) is 16.8. The number of Topliss-reactive ketones (excluding diaryl/α,β-unsaturated/α-hetero) is 1. The molecule has 10 nitrogen and oxygen atoms in total. The zero-order valence-corrected chi connectivity index (χ0v) is 47.1. The zero-order chi connectivity index (χ0) is 54.4. The molecule has 0 amide bonds. The summed E-state index contributed by atoms with van der Waals surface area (Å²) < 4.78 is 17.1. The highest BCUT2D eigenvalue weighted by Gasteiger charge is 2.68. The van der Waals surface area contributed by atoms with Crippen molar-refractivity contribution in [1.82, 2.24) is 4.90 Å². The minimum atomic E-state index is -1.16. The number of alkyl halides is 1. The summed E-state index contributed by atoms with van der Waals surface area (Å²) in [5.41, 5.74) is 8.60. The number of likely N-dealkylation sites (N-methyl/N-ethyl adjacent to an activating group) is 1. The molecule has 0 aromatic carbocycles. The molecule has 3 saturated carbocycles. The van der Waals surface area contributed by atoms with Crippen LogP contribution < -0.4 is 5.73 Å². The minimum Gasteiger partial charge on any atom is -0.512 e. The first-order chi connectivity index (χ1) is 32.3. The highest BCUT2D eigenvalue weighted by Crippen LogP contribution is 2.76. The van der Waals surface area contributed by atoms with Gasteiger partial charge in [-0.05, 0) is 155 Å². The van der Waals surface area contributed by atoms with E-state index >= 15 is 0 Å². The summed E-state index contributed by atoms with van der Waals surface area (Å²) in [7, 11) is 2.03. The molecule has 0 heterocycles. The van der Waals surface area contributed by atoms with E-state index in [-0.39, 0.29) is 51.3 Å². The SMILES string of the molecule is C=C(O)C(C)(C)C.C=CC(C)F.C=N/N=C(/CC12CCC3(CC)C(CCC4C(C)(CCC(C)OC(=O)CC(C)(C)C(=O)O)C(C)CCC43C)C1=C(C(C)C)C(=O)C2)N(C)CC(=C)/C=C\C(C)=C/N.CC. The number of nitrogens with two attached hydrogens (primary N) is 1. The first kappa shape index (κ1) is 63.7. The van der Waals surface area contributed by atoms with Gasteiger partial charge in [0.05, 0.1) is 23.7 Å². The molecule has 398 valence electrons. The van der Waals surface area contributed by atoms with Gasteiger partial charge in [-0.3, -0.25) is 14.4 Å². The van der Waals surface area contributed by atoms with Crippen LogP contribution in [-0.4, -0.2) is 71.3 Å². The second kappa shape index (κ2) is 26.4. The van der Waals surface area contributed by atoms with Gasteiger partial charge >= 0.3 is 11.9 Å². The van der Waals surface area contributed by atoms with Gasteiger partial charge in [-0.1, -0.05) is 113 Å². The molecular weight excluding hydrogens is 880 g/mol. The maximum absolute atomic E-state index is 14.3. The number of hydrogen-bond acceptors (Lipinski definition) is 8. The van der Waals surface area contributed by atoms with Crippen molar-refractivity contribution in [3.63, 3.8) is 0 Å². The third kappa shape index (κ3) is 15.1. The van der Waals surface area contributed by atoms with Gasteiger partial charge in [0.1, 0.15) is 12.0 Å². The second-order valence-corrected chi connectivity index (χ2v) is 23.3. The first-order valence-electron chi connectivity index (χ1n) is 26.1. The van der Waals surface area contributed by atoms with Gasteiger partial charge in [0.2, 0.25) is 0 Å². The van der Waals surface area contributed by atoms with Crippen molar-refractivity contribution < 1.29 is 33.7 Å². The number of halogens is 1. The summed E-state index contributed by atoms with van der Waals surface area (Å²) in [6, 6.07) is 0. The number of aliphatic carboxylic acids is 1. The van der Waals surface area contributed by atoms with Crippen LogP contribution in [0.4, 0.5) is 4.39 Å². The summed E-state index contributed by atoms with van der Waals surface area (Å²) in [6.07, 6.45) is 15.9. The first-order valence-corrected chi connectivity index (χ1v) is 26.1. The van der Waals surface area contributed by atoms with E-state index in [9.17, 15) is 23.9 Å². The average molecular weight is 979 g/mol. The van der Waals surface area contributed by atoms with E-state index in [1.807, 2.05) is 67.7 Å². The van der Waals surface area contributed by atoms with E-state index in [0.29, 0.717) is 42.9 Å². The van der Waals surface area contributed by atoms with Crippen molar-refractivity contribution in [3.05, 3.63) is 72.2 Å². The molecule has 0 aromatic rings. The lowest BCUT2D eigenvalue weighted by molar-refractivity contribution is -0.195. The number of rotatable bonds is 17. The number of carboxylic acids is 1. The van der Waals surface area contributed by atoms with Crippen molar-refractivity contribution in [3.8, 4) is 0 Å². The summed E-state index contributed by atoms with van der Waals surface area (Å²) in [6.45, 7) is 47.7. The monoisotopic (exact) mass is 979 g/mol. The van der Waals surface area contributed by atoms with E-state index in [2.05, 4.69) is 83.1 Å². The van der Waals surface area contributed by atoms with Crippen molar-refractivity contribution in [2.45, 2.75) is 200 Å². The molecule has 9 unspecified atom stereocenters. The molecule has 70 heavy (non-hydrogen) atoms. The van der Waals surface area contributed by atoms with Gasteiger partial charge in [-0.15, -0.1) is 11.7 Å². The maximum Gasteiger partial charge on any atom is 0.309 e. The van der Waals surface area contributed by atoms with Gasteiger partial charge in [0, 0.05) is 44.0 Å². The van der Waals surface area contributed by atoms with Crippen molar-refractivity contribution in [1.29, 1.82) is 0 Å². The van der Waals surface area contributed by atoms with Crippen LogP contribution in [0.5, 0.6) is 0 Å². The lowest BCUT2D eigenvalue weighted by Crippen LogP contribution is -2.63. The molecule has 4 N–H and O–H groups in total. The zero-order valence-electron chi connectivity index (χ0n) is 47.1. The quantitative estimate of drug-likeness (QED) is 0.0247. The molecule has 0 bridgehead atoms. The standard InChI is InChI=1S/C47H74N4O5.C6H12O.C4H7F.C2H6/c1-14-47-24-23-46(26-38(50-49-12)51(13)29-32(5)16-15-31(4)28-48)25-36(52)40(30(2)3)41(46)35(47)17-18-37-44(10,33(6)19-22-45(37,47)11)21-20-34(7)56-39(53)27-43(8,9)42(54)55;1-5(7)6(2,3)4;1-3-4(2)5;1-2/h15-16,28,30,33-35,37H,5,12,14,17-27,29,48H2,1-4,6-11,13H3,(H,54,55);7H,1H2,2-4H3;3-4H,1H2,2H3;1-2H3/b16-15-,31-28-,50-38-;;;. The van der Waals surface area contributed by atoms with E-state index in [1.165, 1.54) is 25.0 Å². The molecule has 0 spiro atoms. The van der Waals surface area contributed by atoms with E-state index in [1.54, 1.807) is 20.0 Å². The number of carbonyl (C=O) groups excluding carboxylic acids is 2. The number of nitrogens with zero attached hydrogens (tertiary/aromatic N) is 3. The molecule has 4 aliphatic carbocycles. The fraction of sp³-hybridized carbons (Fsp3) is 0.712. The van der Waals surface area contributed by atoms with E-state index < -0.39 is 23.5 Å². The highest BCUT2D eigenvalue weighted by atomic mass is 19.1.